The predicted molar refractivity (Wildman–Crippen MR) is 78.1 cm³/mol. The molecule has 1 fully saturated rings. The molecule has 120 valence electrons. The Labute approximate surface area is 132 Å². The van der Waals surface area contributed by atoms with Gasteiger partial charge in [-0.1, -0.05) is 0 Å². The minimum absolute atomic E-state index is 0.169. The molecule has 2 aliphatic rings. The van der Waals surface area contributed by atoms with E-state index in [0.717, 1.165) is 29.6 Å². The Hall–Kier alpha value is -1.95. The summed E-state index contributed by atoms with van der Waals surface area (Å²) in [6, 6.07) is 1.54. The molecule has 0 N–H and O–H groups in total. The van der Waals surface area contributed by atoms with Crippen molar-refractivity contribution in [1.82, 2.24) is 14.9 Å². The topological polar surface area (TPSA) is 29.0 Å². The highest BCUT2D eigenvalue weighted by molar-refractivity contribution is 5.24. The predicted octanol–water partition coefficient (Wildman–Crippen LogP) is 3.33. The zero-order valence-corrected chi connectivity index (χ0v) is 12.5. The van der Waals surface area contributed by atoms with Gasteiger partial charge in [0.1, 0.15) is 11.6 Å². The molecule has 23 heavy (non-hydrogen) atoms. The molecule has 0 atom stereocenters. The van der Waals surface area contributed by atoms with Crippen molar-refractivity contribution in [1.29, 1.82) is 0 Å². The zero-order chi connectivity index (χ0) is 16.0. The van der Waals surface area contributed by atoms with Gasteiger partial charge in [0, 0.05) is 61.1 Å². The highest BCUT2D eigenvalue weighted by Crippen LogP contribution is 2.38. The summed E-state index contributed by atoms with van der Waals surface area (Å²) in [4.78, 5) is 11.1. The van der Waals surface area contributed by atoms with Gasteiger partial charge in [-0.3, -0.25) is 4.90 Å². The van der Waals surface area contributed by atoms with Crippen LogP contribution in [0.15, 0.2) is 18.3 Å². The summed E-state index contributed by atoms with van der Waals surface area (Å²) in [5.41, 5.74) is 2.26. The van der Waals surface area contributed by atoms with E-state index in [2.05, 4.69) is 9.97 Å². The first-order valence-corrected chi connectivity index (χ1v) is 7.80. The molecule has 0 amide bonds. The highest BCUT2D eigenvalue weighted by Gasteiger charge is 2.28. The van der Waals surface area contributed by atoms with E-state index < -0.39 is 17.5 Å². The number of halogens is 3. The van der Waals surface area contributed by atoms with Gasteiger partial charge in [-0.25, -0.2) is 23.1 Å². The Morgan fingerprint density at radius 3 is 2.65 bits per heavy atom. The summed E-state index contributed by atoms with van der Waals surface area (Å²) in [7, 11) is 0. The van der Waals surface area contributed by atoms with Crippen LogP contribution in [0.5, 0.6) is 0 Å². The average molecular weight is 319 g/mol. The van der Waals surface area contributed by atoms with Crippen molar-refractivity contribution in [2.75, 3.05) is 6.54 Å². The lowest BCUT2D eigenvalue weighted by Gasteiger charge is -2.28. The number of benzene rings is 1. The SMILES string of the molecule is Fc1cc(F)c(CN2CCc3nc(C4CC4)ncc3C2)cc1F. The Bertz CT molecular complexity index is 759. The second-order valence-corrected chi connectivity index (χ2v) is 6.29. The lowest BCUT2D eigenvalue weighted by molar-refractivity contribution is 0.238. The maximum absolute atomic E-state index is 13.8. The van der Waals surface area contributed by atoms with Gasteiger partial charge >= 0.3 is 0 Å². The van der Waals surface area contributed by atoms with Crippen molar-refractivity contribution in [2.24, 2.45) is 0 Å². The fourth-order valence-electron chi connectivity index (χ4n) is 2.99. The van der Waals surface area contributed by atoms with E-state index in [-0.39, 0.29) is 12.1 Å². The standard InChI is InChI=1S/C17H16F3N3/c18-13-6-15(20)14(19)5-11(13)8-23-4-3-16-12(9-23)7-21-17(22-16)10-1-2-10/h5-7,10H,1-4,8-9H2. The molecule has 0 bridgehead atoms. The summed E-state index contributed by atoms with van der Waals surface area (Å²) in [6.45, 7) is 1.55. The van der Waals surface area contributed by atoms with Gasteiger partial charge in [-0.15, -0.1) is 0 Å². The fraction of sp³-hybridized carbons (Fsp3) is 0.412. The molecule has 2 aromatic rings. The molecule has 6 heteroatoms. The molecular formula is C17H16F3N3. The second-order valence-electron chi connectivity index (χ2n) is 6.29. The third-order valence-corrected chi connectivity index (χ3v) is 4.46. The molecule has 3 nitrogen and oxygen atoms in total. The summed E-state index contributed by atoms with van der Waals surface area (Å²) in [5, 5.41) is 0. The third kappa shape index (κ3) is 2.95. The zero-order valence-electron chi connectivity index (χ0n) is 12.5. The van der Waals surface area contributed by atoms with Gasteiger partial charge in [-0.05, 0) is 18.9 Å². The molecule has 0 radical (unpaired) electrons. The molecule has 1 aromatic carbocycles. The van der Waals surface area contributed by atoms with Gasteiger partial charge in [0.2, 0.25) is 0 Å². The molecule has 0 unspecified atom stereocenters. The quantitative estimate of drug-likeness (QED) is 0.813. The van der Waals surface area contributed by atoms with Crippen molar-refractivity contribution in [3.63, 3.8) is 0 Å². The van der Waals surface area contributed by atoms with Crippen LogP contribution in [0.3, 0.4) is 0 Å². The maximum Gasteiger partial charge on any atom is 0.161 e. The second kappa shape index (κ2) is 5.60. The molecule has 0 spiro atoms. The lowest BCUT2D eigenvalue weighted by atomic mass is 10.1. The summed E-state index contributed by atoms with van der Waals surface area (Å²) in [5.74, 6) is -1.43. The first-order chi connectivity index (χ1) is 11.1. The molecule has 4 rings (SSSR count). The Morgan fingerprint density at radius 1 is 1.09 bits per heavy atom. The van der Waals surface area contributed by atoms with Crippen molar-refractivity contribution < 1.29 is 13.2 Å². The Morgan fingerprint density at radius 2 is 1.87 bits per heavy atom. The molecule has 1 aromatic heterocycles. The molecular weight excluding hydrogens is 303 g/mol. The van der Waals surface area contributed by atoms with Gasteiger partial charge in [0.15, 0.2) is 11.6 Å². The van der Waals surface area contributed by atoms with Crippen LogP contribution >= 0.6 is 0 Å². The first-order valence-electron chi connectivity index (χ1n) is 7.80. The minimum Gasteiger partial charge on any atom is -0.294 e. The van der Waals surface area contributed by atoms with Crippen LogP contribution in [0.4, 0.5) is 13.2 Å². The van der Waals surface area contributed by atoms with Crippen molar-refractivity contribution in [3.05, 3.63) is 58.4 Å². The lowest BCUT2D eigenvalue weighted by Crippen LogP contribution is -2.31. The first kappa shape index (κ1) is 14.6. The number of fused-ring (bicyclic) bond motifs is 1. The minimum atomic E-state index is -1.16. The van der Waals surface area contributed by atoms with E-state index in [9.17, 15) is 13.2 Å². The molecule has 1 aliphatic carbocycles. The smallest absolute Gasteiger partial charge is 0.161 e. The summed E-state index contributed by atoms with van der Waals surface area (Å²) < 4.78 is 40.1. The van der Waals surface area contributed by atoms with Crippen LogP contribution in [0.2, 0.25) is 0 Å². The molecule has 2 heterocycles. The van der Waals surface area contributed by atoms with Crippen LogP contribution < -0.4 is 0 Å². The van der Waals surface area contributed by atoms with Gasteiger partial charge in [-0.2, -0.15) is 0 Å². The largest absolute Gasteiger partial charge is 0.294 e. The Balaban J connectivity index is 1.51. The maximum atomic E-state index is 13.8. The van der Waals surface area contributed by atoms with Crippen molar-refractivity contribution in [3.8, 4) is 0 Å². The monoisotopic (exact) mass is 319 g/mol. The van der Waals surface area contributed by atoms with Crippen LogP contribution in [0.25, 0.3) is 0 Å². The van der Waals surface area contributed by atoms with Gasteiger partial charge in [0.05, 0.1) is 0 Å². The van der Waals surface area contributed by atoms with Gasteiger partial charge < -0.3 is 0 Å². The van der Waals surface area contributed by atoms with Crippen molar-refractivity contribution in [2.45, 2.75) is 38.3 Å². The number of rotatable bonds is 3. The van der Waals surface area contributed by atoms with Crippen LogP contribution in [0, 0.1) is 17.5 Å². The van der Waals surface area contributed by atoms with Gasteiger partial charge in [0.25, 0.3) is 0 Å². The molecule has 0 saturated heterocycles. The normalized spacial score (nSPS) is 18.0. The number of hydrogen-bond donors (Lipinski definition) is 0. The van der Waals surface area contributed by atoms with E-state index in [0.29, 0.717) is 25.1 Å². The van der Waals surface area contributed by atoms with Crippen LogP contribution in [-0.4, -0.2) is 21.4 Å². The number of aromatic nitrogens is 2. The van der Waals surface area contributed by atoms with Crippen LogP contribution in [-0.2, 0) is 19.5 Å². The Kier molecular flexibility index (Phi) is 3.56. The number of nitrogens with zero attached hydrogens (tertiary/aromatic N) is 3. The van der Waals surface area contributed by atoms with E-state index >= 15 is 0 Å². The van der Waals surface area contributed by atoms with E-state index in [1.165, 1.54) is 12.8 Å². The van der Waals surface area contributed by atoms with E-state index in [1.54, 1.807) is 0 Å². The van der Waals surface area contributed by atoms with E-state index in [1.807, 2.05) is 11.1 Å². The highest BCUT2D eigenvalue weighted by atomic mass is 19.2. The molecule has 1 saturated carbocycles. The summed E-state index contributed by atoms with van der Waals surface area (Å²) >= 11 is 0. The van der Waals surface area contributed by atoms with Crippen LogP contribution in [0.1, 0.15) is 41.4 Å². The molecule has 1 aliphatic heterocycles. The summed E-state index contributed by atoms with van der Waals surface area (Å²) in [6.07, 6.45) is 4.95. The fourth-order valence-corrected chi connectivity index (χ4v) is 2.99. The number of hydrogen-bond acceptors (Lipinski definition) is 3. The third-order valence-electron chi connectivity index (χ3n) is 4.46. The van der Waals surface area contributed by atoms with Crippen molar-refractivity contribution >= 4 is 0 Å². The average Bonchev–Trinajstić information content (AvgIpc) is 3.37. The van der Waals surface area contributed by atoms with E-state index in [4.69, 9.17) is 0 Å².